The number of fused-ring (bicyclic) bond motifs is 2. The summed E-state index contributed by atoms with van der Waals surface area (Å²) in [4.78, 5) is 16.4. The Morgan fingerprint density at radius 3 is 2.71 bits per heavy atom. The van der Waals surface area contributed by atoms with Crippen molar-refractivity contribution in [3.63, 3.8) is 0 Å². The zero-order valence-corrected chi connectivity index (χ0v) is 11.2. The van der Waals surface area contributed by atoms with Crippen LogP contribution in [0.3, 0.4) is 0 Å². The molecule has 0 amide bonds. The molecule has 0 saturated carbocycles. The third kappa shape index (κ3) is 2.03. The predicted octanol–water partition coefficient (Wildman–Crippen LogP) is 4.15. The number of oxazole rings is 1. The second-order valence-electron chi connectivity index (χ2n) is 5.28. The van der Waals surface area contributed by atoms with E-state index in [0.717, 1.165) is 29.5 Å². The fourth-order valence-electron chi connectivity index (χ4n) is 2.77. The van der Waals surface area contributed by atoms with E-state index >= 15 is 0 Å². The molecule has 1 aliphatic carbocycles. The first kappa shape index (κ1) is 12.3. The second kappa shape index (κ2) is 4.52. The third-order valence-corrected chi connectivity index (χ3v) is 3.85. The number of rotatable bonds is 1. The van der Waals surface area contributed by atoms with E-state index in [1.54, 1.807) is 12.1 Å². The Morgan fingerprint density at radius 1 is 1.10 bits per heavy atom. The lowest BCUT2D eigenvalue weighted by molar-refractivity contribution is 0.0972. The van der Waals surface area contributed by atoms with Crippen molar-refractivity contribution in [2.24, 2.45) is 0 Å². The number of carbonyl (C=O) groups is 1. The fraction of sp³-hybridized carbons (Fsp3) is 0.176. The number of carbonyl (C=O) groups excluding carboxylic acids is 1. The number of benzene rings is 2. The minimum Gasteiger partial charge on any atom is -0.436 e. The van der Waals surface area contributed by atoms with E-state index in [-0.39, 0.29) is 11.6 Å². The fourth-order valence-corrected chi connectivity index (χ4v) is 2.77. The molecule has 2 aromatic carbocycles. The van der Waals surface area contributed by atoms with Crippen LogP contribution in [-0.2, 0) is 6.42 Å². The molecule has 3 nitrogen and oxygen atoms in total. The van der Waals surface area contributed by atoms with E-state index in [4.69, 9.17) is 4.42 Å². The van der Waals surface area contributed by atoms with Crippen molar-refractivity contribution in [2.75, 3.05) is 0 Å². The van der Waals surface area contributed by atoms with E-state index < -0.39 is 0 Å². The molecule has 4 rings (SSSR count). The van der Waals surface area contributed by atoms with Gasteiger partial charge in [0.2, 0.25) is 5.89 Å². The van der Waals surface area contributed by atoms with Gasteiger partial charge in [-0.1, -0.05) is 0 Å². The van der Waals surface area contributed by atoms with Crippen LogP contribution >= 0.6 is 0 Å². The second-order valence-corrected chi connectivity index (χ2v) is 5.28. The summed E-state index contributed by atoms with van der Waals surface area (Å²) in [7, 11) is 0. The van der Waals surface area contributed by atoms with Gasteiger partial charge in [-0.2, -0.15) is 0 Å². The minimum absolute atomic E-state index is 0.171. The molecule has 0 fully saturated rings. The zero-order valence-electron chi connectivity index (χ0n) is 11.2. The molecule has 0 aliphatic heterocycles. The van der Waals surface area contributed by atoms with Crippen LogP contribution in [0.1, 0.15) is 28.8 Å². The van der Waals surface area contributed by atoms with Gasteiger partial charge in [-0.15, -0.1) is 0 Å². The maximum Gasteiger partial charge on any atom is 0.227 e. The van der Waals surface area contributed by atoms with Gasteiger partial charge in [-0.05, 0) is 54.8 Å². The summed E-state index contributed by atoms with van der Waals surface area (Å²) in [6.07, 6.45) is 2.38. The molecule has 4 heteroatoms. The van der Waals surface area contributed by atoms with Crippen LogP contribution in [0.2, 0.25) is 0 Å². The van der Waals surface area contributed by atoms with Crippen LogP contribution in [0.25, 0.3) is 22.6 Å². The van der Waals surface area contributed by atoms with Crippen molar-refractivity contribution in [1.29, 1.82) is 0 Å². The zero-order chi connectivity index (χ0) is 14.4. The van der Waals surface area contributed by atoms with Crippen molar-refractivity contribution >= 4 is 16.9 Å². The summed E-state index contributed by atoms with van der Waals surface area (Å²) in [6, 6.07) is 9.72. The van der Waals surface area contributed by atoms with E-state index in [0.29, 0.717) is 23.4 Å². The summed E-state index contributed by atoms with van der Waals surface area (Å²) in [5, 5.41) is 0. The number of Topliss-reactive ketones (excluding diaryl/α,β-unsaturated/α-hetero) is 1. The summed E-state index contributed by atoms with van der Waals surface area (Å²) in [6.45, 7) is 0. The number of halogens is 1. The van der Waals surface area contributed by atoms with Crippen LogP contribution in [-0.4, -0.2) is 10.8 Å². The standard InChI is InChI=1S/C17H12FNO2/c18-12-6-4-10(5-7-12)17-19-14-9-13-11(8-16(14)21-17)2-1-3-15(13)20/h4-9H,1-3H2. The van der Waals surface area contributed by atoms with Gasteiger partial charge >= 0.3 is 0 Å². The lowest BCUT2D eigenvalue weighted by atomic mass is 9.90. The molecule has 0 radical (unpaired) electrons. The molecule has 0 spiro atoms. The number of ketones is 1. The van der Waals surface area contributed by atoms with Crippen molar-refractivity contribution < 1.29 is 13.6 Å². The third-order valence-electron chi connectivity index (χ3n) is 3.85. The normalized spacial score (nSPS) is 14.4. The quantitative estimate of drug-likeness (QED) is 0.673. The highest BCUT2D eigenvalue weighted by molar-refractivity contribution is 6.01. The number of nitrogens with zero attached hydrogens (tertiary/aromatic N) is 1. The van der Waals surface area contributed by atoms with Gasteiger partial charge in [0.25, 0.3) is 0 Å². The molecule has 1 heterocycles. The lowest BCUT2D eigenvalue weighted by Crippen LogP contribution is -2.10. The maximum atomic E-state index is 13.0. The molecule has 1 aromatic heterocycles. The summed E-state index contributed by atoms with van der Waals surface area (Å²) in [5.74, 6) is 0.320. The van der Waals surface area contributed by atoms with Crippen molar-refractivity contribution in [2.45, 2.75) is 19.3 Å². The lowest BCUT2D eigenvalue weighted by Gasteiger charge is -2.13. The molecular formula is C17H12FNO2. The Bertz CT molecular complexity index is 849. The molecule has 0 saturated heterocycles. The monoisotopic (exact) mass is 281 g/mol. The molecule has 0 N–H and O–H groups in total. The Hall–Kier alpha value is -2.49. The molecule has 21 heavy (non-hydrogen) atoms. The highest BCUT2D eigenvalue weighted by Crippen LogP contribution is 2.30. The Labute approximate surface area is 120 Å². The first-order valence-corrected chi connectivity index (χ1v) is 6.93. The predicted molar refractivity (Wildman–Crippen MR) is 76.7 cm³/mol. The van der Waals surface area contributed by atoms with Gasteiger partial charge in [0.15, 0.2) is 11.4 Å². The summed E-state index contributed by atoms with van der Waals surface area (Å²) >= 11 is 0. The van der Waals surface area contributed by atoms with E-state index in [1.807, 2.05) is 12.1 Å². The van der Waals surface area contributed by atoms with Gasteiger partial charge in [0.1, 0.15) is 11.3 Å². The van der Waals surface area contributed by atoms with E-state index in [9.17, 15) is 9.18 Å². The van der Waals surface area contributed by atoms with Crippen molar-refractivity contribution in [3.05, 3.63) is 53.3 Å². The van der Waals surface area contributed by atoms with Crippen LogP contribution in [0, 0.1) is 5.82 Å². The number of hydrogen-bond donors (Lipinski definition) is 0. The number of aryl methyl sites for hydroxylation is 1. The van der Waals surface area contributed by atoms with Crippen molar-refractivity contribution in [1.82, 2.24) is 4.98 Å². The molecule has 104 valence electrons. The topological polar surface area (TPSA) is 43.1 Å². The van der Waals surface area contributed by atoms with Gasteiger partial charge in [0, 0.05) is 17.5 Å². The molecular weight excluding hydrogens is 269 g/mol. The Kier molecular flexibility index (Phi) is 2.64. The van der Waals surface area contributed by atoms with Crippen LogP contribution < -0.4 is 0 Å². The molecule has 0 bridgehead atoms. The maximum absolute atomic E-state index is 13.0. The van der Waals surface area contributed by atoms with Crippen molar-refractivity contribution in [3.8, 4) is 11.5 Å². The first-order chi connectivity index (χ1) is 10.2. The van der Waals surface area contributed by atoms with Gasteiger partial charge in [-0.3, -0.25) is 4.79 Å². The highest BCUT2D eigenvalue weighted by Gasteiger charge is 2.20. The number of aromatic nitrogens is 1. The van der Waals surface area contributed by atoms with Crippen LogP contribution in [0.15, 0.2) is 40.8 Å². The highest BCUT2D eigenvalue weighted by atomic mass is 19.1. The smallest absolute Gasteiger partial charge is 0.227 e. The molecule has 3 aromatic rings. The van der Waals surface area contributed by atoms with E-state index in [2.05, 4.69) is 4.98 Å². The number of hydrogen-bond acceptors (Lipinski definition) is 3. The van der Waals surface area contributed by atoms with E-state index in [1.165, 1.54) is 12.1 Å². The van der Waals surface area contributed by atoms with Gasteiger partial charge in [-0.25, -0.2) is 9.37 Å². The Morgan fingerprint density at radius 2 is 1.90 bits per heavy atom. The molecule has 0 atom stereocenters. The molecule has 1 aliphatic rings. The van der Waals surface area contributed by atoms with Crippen LogP contribution in [0.5, 0.6) is 0 Å². The summed E-state index contributed by atoms with van der Waals surface area (Å²) < 4.78 is 18.7. The first-order valence-electron chi connectivity index (χ1n) is 6.93. The van der Waals surface area contributed by atoms with Gasteiger partial charge in [0.05, 0.1) is 0 Å². The average Bonchev–Trinajstić information content (AvgIpc) is 2.89. The molecule has 0 unspecified atom stereocenters. The Balaban J connectivity index is 1.86. The van der Waals surface area contributed by atoms with Gasteiger partial charge < -0.3 is 4.42 Å². The minimum atomic E-state index is -0.295. The summed E-state index contributed by atoms with van der Waals surface area (Å²) in [5.41, 5.74) is 3.84. The SMILES string of the molecule is O=C1CCCc2cc3oc(-c4ccc(F)cc4)nc3cc21. The van der Waals surface area contributed by atoms with Crippen LogP contribution in [0.4, 0.5) is 4.39 Å². The average molecular weight is 281 g/mol. The largest absolute Gasteiger partial charge is 0.436 e.